The van der Waals surface area contributed by atoms with Crippen molar-refractivity contribution in [3.63, 3.8) is 0 Å². The monoisotopic (exact) mass is 330 g/mol. The molecule has 0 aromatic heterocycles. The van der Waals surface area contributed by atoms with E-state index < -0.39 is 5.97 Å². The molecule has 2 heteroatoms. The highest BCUT2D eigenvalue weighted by Crippen LogP contribution is 2.04. The molecule has 0 unspecified atom stereocenters. The summed E-state index contributed by atoms with van der Waals surface area (Å²) in [6.07, 6.45) is 31.3. The van der Waals surface area contributed by atoms with Crippen LogP contribution >= 0.6 is 0 Å². The van der Waals surface area contributed by atoms with Crippen LogP contribution in [0.2, 0.25) is 0 Å². The van der Waals surface area contributed by atoms with Gasteiger partial charge in [0.15, 0.2) is 0 Å². The molecule has 0 rings (SSSR count). The van der Waals surface area contributed by atoms with Crippen molar-refractivity contribution in [2.24, 2.45) is 0 Å². The third-order valence-corrected chi connectivity index (χ3v) is 3.42. The molecule has 0 aromatic rings. The molecule has 0 spiro atoms. The summed E-state index contributed by atoms with van der Waals surface area (Å²) >= 11 is 0. The standard InChI is InChI=1S/C22H34O2/c1-2-3-4-5-6-7-8-9-10-11-12-13-14-15-16-17-18-19-20-21-22(23)24/h3-4,6-7,9-10,12-13,15-16H,2,5,8,11,14,17-21H2,1H3,(H,23,24)/b4-3+,7-6-,10-9+,13-12-,16-15+. The lowest BCUT2D eigenvalue weighted by atomic mass is 10.1. The number of unbranched alkanes of at least 4 members (excludes halogenated alkanes) is 3. The van der Waals surface area contributed by atoms with Gasteiger partial charge in [0.2, 0.25) is 0 Å². The second kappa shape index (κ2) is 19.2. The zero-order valence-electron chi connectivity index (χ0n) is 15.2. The van der Waals surface area contributed by atoms with E-state index in [1.807, 2.05) is 0 Å². The summed E-state index contributed by atoms with van der Waals surface area (Å²) in [6.45, 7) is 2.15. The molecule has 0 aliphatic carbocycles. The average molecular weight is 331 g/mol. The van der Waals surface area contributed by atoms with E-state index in [9.17, 15) is 4.79 Å². The highest BCUT2D eigenvalue weighted by atomic mass is 16.4. The van der Waals surface area contributed by atoms with Crippen LogP contribution in [0.5, 0.6) is 0 Å². The SMILES string of the molecule is CC/C=C/C/C=C\C/C=C/C/C=C\C/C=C/CCCCCC(=O)O. The molecule has 0 aliphatic heterocycles. The Kier molecular flexibility index (Phi) is 17.8. The van der Waals surface area contributed by atoms with Gasteiger partial charge in [0, 0.05) is 6.42 Å². The first kappa shape index (κ1) is 22.2. The van der Waals surface area contributed by atoms with Gasteiger partial charge < -0.3 is 5.11 Å². The first-order valence-electron chi connectivity index (χ1n) is 9.24. The van der Waals surface area contributed by atoms with Gasteiger partial charge in [-0.2, -0.15) is 0 Å². The average Bonchev–Trinajstić information content (AvgIpc) is 2.56. The van der Waals surface area contributed by atoms with E-state index in [1.165, 1.54) is 0 Å². The molecule has 0 heterocycles. The highest BCUT2D eigenvalue weighted by Gasteiger charge is 1.94. The molecule has 0 saturated heterocycles. The number of rotatable bonds is 15. The smallest absolute Gasteiger partial charge is 0.303 e. The Balaban J connectivity index is 3.42. The molecule has 0 amide bonds. The maximum atomic E-state index is 10.3. The Morgan fingerprint density at radius 2 is 1.12 bits per heavy atom. The Morgan fingerprint density at radius 3 is 1.58 bits per heavy atom. The second-order valence-corrected chi connectivity index (χ2v) is 5.70. The molecular weight excluding hydrogens is 296 g/mol. The number of carboxylic acid groups (broad SMARTS) is 1. The third kappa shape index (κ3) is 20.2. The van der Waals surface area contributed by atoms with E-state index in [1.54, 1.807) is 0 Å². The first-order valence-corrected chi connectivity index (χ1v) is 9.24. The molecule has 1 N–H and O–H groups in total. The lowest BCUT2D eigenvalue weighted by molar-refractivity contribution is -0.137. The lowest BCUT2D eigenvalue weighted by Gasteiger charge is -1.94. The second-order valence-electron chi connectivity index (χ2n) is 5.70. The van der Waals surface area contributed by atoms with Crippen molar-refractivity contribution in [3.05, 3.63) is 60.8 Å². The summed E-state index contributed by atoms with van der Waals surface area (Å²) in [5.41, 5.74) is 0. The van der Waals surface area contributed by atoms with Gasteiger partial charge in [-0.15, -0.1) is 0 Å². The van der Waals surface area contributed by atoms with Gasteiger partial charge in [0.1, 0.15) is 0 Å². The predicted octanol–water partition coefficient (Wildman–Crippen LogP) is 6.77. The minimum absolute atomic E-state index is 0.297. The Hall–Kier alpha value is -1.83. The molecule has 0 atom stereocenters. The van der Waals surface area contributed by atoms with E-state index in [0.29, 0.717) is 6.42 Å². The minimum Gasteiger partial charge on any atom is -0.481 e. The summed E-state index contributed by atoms with van der Waals surface area (Å²) < 4.78 is 0. The summed E-state index contributed by atoms with van der Waals surface area (Å²) in [5, 5.41) is 8.52. The van der Waals surface area contributed by atoms with Crippen LogP contribution in [0.4, 0.5) is 0 Å². The molecule has 0 aliphatic rings. The fourth-order valence-corrected chi connectivity index (χ4v) is 2.08. The van der Waals surface area contributed by atoms with Crippen molar-refractivity contribution < 1.29 is 9.90 Å². The zero-order chi connectivity index (χ0) is 17.7. The minimum atomic E-state index is -0.690. The number of hydrogen-bond donors (Lipinski definition) is 1. The maximum absolute atomic E-state index is 10.3. The maximum Gasteiger partial charge on any atom is 0.303 e. The Bertz CT molecular complexity index is 425. The van der Waals surface area contributed by atoms with Crippen LogP contribution in [0, 0.1) is 0 Å². The van der Waals surface area contributed by atoms with E-state index >= 15 is 0 Å². The number of aliphatic carboxylic acids is 1. The first-order chi connectivity index (χ1) is 11.8. The van der Waals surface area contributed by atoms with Gasteiger partial charge in [-0.25, -0.2) is 0 Å². The van der Waals surface area contributed by atoms with Crippen LogP contribution in [0.15, 0.2) is 60.8 Å². The molecule has 24 heavy (non-hydrogen) atoms. The van der Waals surface area contributed by atoms with Gasteiger partial charge in [-0.3, -0.25) is 4.79 Å². The fourth-order valence-electron chi connectivity index (χ4n) is 2.08. The number of carboxylic acids is 1. The van der Waals surface area contributed by atoms with E-state index in [4.69, 9.17) is 5.11 Å². The summed E-state index contributed by atoms with van der Waals surface area (Å²) in [5.74, 6) is -0.690. The van der Waals surface area contributed by atoms with Crippen molar-refractivity contribution in [2.75, 3.05) is 0 Å². The zero-order valence-corrected chi connectivity index (χ0v) is 15.2. The Labute approximate surface area is 148 Å². The summed E-state index contributed by atoms with van der Waals surface area (Å²) in [6, 6.07) is 0. The summed E-state index contributed by atoms with van der Waals surface area (Å²) in [7, 11) is 0. The van der Waals surface area contributed by atoms with E-state index in [2.05, 4.69) is 67.7 Å². The summed E-state index contributed by atoms with van der Waals surface area (Å²) in [4.78, 5) is 10.3. The molecule has 0 saturated carbocycles. The van der Waals surface area contributed by atoms with Crippen molar-refractivity contribution >= 4 is 5.97 Å². The predicted molar refractivity (Wildman–Crippen MR) is 105 cm³/mol. The molecule has 0 fully saturated rings. The largest absolute Gasteiger partial charge is 0.481 e. The van der Waals surface area contributed by atoms with Crippen LogP contribution in [-0.2, 0) is 4.79 Å². The van der Waals surface area contributed by atoms with Crippen LogP contribution in [-0.4, -0.2) is 11.1 Å². The van der Waals surface area contributed by atoms with Crippen molar-refractivity contribution in [1.82, 2.24) is 0 Å². The number of carbonyl (C=O) groups is 1. The van der Waals surface area contributed by atoms with E-state index in [-0.39, 0.29) is 0 Å². The quantitative estimate of drug-likeness (QED) is 0.265. The molecule has 0 radical (unpaired) electrons. The van der Waals surface area contributed by atoms with E-state index in [0.717, 1.165) is 57.8 Å². The van der Waals surface area contributed by atoms with Gasteiger partial charge >= 0.3 is 5.97 Å². The normalized spacial score (nSPS) is 12.7. The van der Waals surface area contributed by atoms with Gasteiger partial charge in [0.05, 0.1) is 0 Å². The van der Waals surface area contributed by atoms with Crippen molar-refractivity contribution in [1.29, 1.82) is 0 Å². The number of hydrogen-bond acceptors (Lipinski definition) is 1. The van der Waals surface area contributed by atoms with Gasteiger partial charge in [-0.1, -0.05) is 74.1 Å². The van der Waals surface area contributed by atoms with Crippen LogP contribution in [0.25, 0.3) is 0 Å². The van der Waals surface area contributed by atoms with Crippen LogP contribution < -0.4 is 0 Å². The third-order valence-electron chi connectivity index (χ3n) is 3.42. The fraction of sp³-hybridized carbons (Fsp3) is 0.500. The van der Waals surface area contributed by atoms with Crippen molar-refractivity contribution in [2.45, 2.75) is 71.1 Å². The van der Waals surface area contributed by atoms with Gasteiger partial charge in [-0.05, 0) is 51.4 Å². The molecule has 0 bridgehead atoms. The molecule has 0 aromatic carbocycles. The molecule has 2 nitrogen and oxygen atoms in total. The highest BCUT2D eigenvalue weighted by molar-refractivity contribution is 5.66. The van der Waals surface area contributed by atoms with Crippen LogP contribution in [0.3, 0.4) is 0 Å². The Morgan fingerprint density at radius 1 is 0.667 bits per heavy atom. The number of allylic oxidation sites excluding steroid dienone is 10. The van der Waals surface area contributed by atoms with Crippen LogP contribution in [0.1, 0.15) is 71.1 Å². The van der Waals surface area contributed by atoms with Gasteiger partial charge in [0.25, 0.3) is 0 Å². The van der Waals surface area contributed by atoms with Crippen molar-refractivity contribution in [3.8, 4) is 0 Å². The topological polar surface area (TPSA) is 37.3 Å². The molecular formula is C22H34O2. The molecule has 134 valence electrons. The lowest BCUT2D eigenvalue weighted by Crippen LogP contribution is -1.93.